The van der Waals surface area contributed by atoms with Gasteiger partial charge in [0.1, 0.15) is 5.82 Å². The average Bonchev–Trinajstić information content (AvgIpc) is 3.11. The molecule has 0 spiro atoms. The molecule has 1 aromatic carbocycles. The van der Waals surface area contributed by atoms with E-state index in [0.717, 1.165) is 56.1 Å². The Labute approximate surface area is 173 Å². The van der Waals surface area contributed by atoms with Crippen LogP contribution >= 0.6 is 24.8 Å². The van der Waals surface area contributed by atoms with E-state index in [1.54, 1.807) is 12.1 Å². The maximum Gasteiger partial charge on any atom is 0.229 e. The molecule has 1 fully saturated rings. The van der Waals surface area contributed by atoms with E-state index in [9.17, 15) is 0 Å². The molecule has 1 atom stereocenters. The first-order valence-corrected chi connectivity index (χ1v) is 8.82. The third-order valence-corrected chi connectivity index (χ3v) is 4.46. The maximum absolute atomic E-state index is 9.05. The van der Waals surface area contributed by atoms with Crippen molar-refractivity contribution in [2.45, 2.75) is 26.2 Å². The van der Waals surface area contributed by atoms with Crippen molar-refractivity contribution in [3.63, 3.8) is 0 Å². The lowest BCUT2D eigenvalue weighted by Gasteiger charge is -2.19. The molecule has 3 N–H and O–H groups in total. The fourth-order valence-electron chi connectivity index (χ4n) is 3.11. The van der Waals surface area contributed by atoms with Crippen LogP contribution in [0.25, 0.3) is 0 Å². The van der Waals surface area contributed by atoms with Gasteiger partial charge in [-0.2, -0.15) is 10.2 Å². The van der Waals surface area contributed by atoms with E-state index in [1.807, 2.05) is 12.1 Å². The number of nitrogens with zero attached hydrogens (tertiary/aromatic N) is 4. The molecule has 1 aromatic heterocycles. The molecule has 1 aliphatic heterocycles. The van der Waals surface area contributed by atoms with Gasteiger partial charge in [0.15, 0.2) is 0 Å². The Morgan fingerprint density at radius 3 is 2.78 bits per heavy atom. The highest BCUT2D eigenvalue weighted by molar-refractivity contribution is 5.85. The monoisotopic (exact) mass is 408 g/mol. The smallest absolute Gasteiger partial charge is 0.229 e. The second-order valence-corrected chi connectivity index (χ2v) is 6.45. The molecule has 2 heterocycles. The molecule has 0 saturated carbocycles. The van der Waals surface area contributed by atoms with Gasteiger partial charge in [0.25, 0.3) is 0 Å². The van der Waals surface area contributed by atoms with Gasteiger partial charge in [-0.15, -0.1) is 24.8 Å². The van der Waals surface area contributed by atoms with Gasteiger partial charge in [0.05, 0.1) is 11.6 Å². The van der Waals surface area contributed by atoms with Crippen LogP contribution in [0.3, 0.4) is 0 Å². The normalized spacial score (nSPS) is 15.4. The van der Waals surface area contributed by atoms with Gasteiger partial charge in [-0.25, -0.2) is 4.98 Å². The minimum absolute atomic E-state index is 0. The topological polar surface area (TPSA) is 90.9 Å². The molecule has 0 bridgehead atoms. The van der Waals surface area contributed by atoms with Crippen molar-refractivity contribution in [1.82, 2.24) is 9.97 Å². The molecule has 1 aliphatic rings. The largest absolute Gasteiger partial charge is 0.356 e. The molecule has 8 heteroatoms. The third kappa shape index (κ3) is 5.96. The first-order valence-electron chi connectivity index (χ1n) is 8.82. The van der Waals surface area contributed by atoms with Crippen molar-refractivity contribution >= 4 is 42.3 Å². The molecule has 0 radical (unpaired) electrons. The number of nitriles is 1. The summed E-state index contributed by atoms with van der Waals surface area (Å²) >= 11 is 0. The van der Waals surface area contributed by atoms with Crippen molar-refractivity contribution in [2.75, 3.05) is 29.9 Å². The van der Waals surface area contributed by atoms with Crippen molar-refractivity contribution in [2.24, 2.45) is 11.7 Å². The molecule has 2 aromatic rings. The van der Waals surface area contributed by atoms with E-state index in [4.69, 9.17) is 16.0 Å². The molecule has 3 rings (SSSR count). The highest BCUT2D eigenvalue weighted by atomic mass is 35.5. The maximum atomic E-state index is 9.05. The van der Waals surface area contributed by atoms with E-state index in [-0.39, 0.29) is 24.8 Å². The lowest BCUT2D eigenvalue weighted by molar-refractivity contribution is 0.602. The predicted octanol–water partition coefficient (Wildman–Crippen LogP) is 3.67. The van der Waals surface area contributed by atoms with E-state index in [0.29, 0.717) is 17.4 Å². The Morgan fingerprint density at radius 2 is 2.11 bits per heavy atom. The number of aryl methyl sites for hydroxylation is 1. The van der Waals surface area contributed by atoms with Gasteiger partial charge in [0, 0.05) is 30.5 Å². The van der Waals surface area contributed by atoms with Gasteiger partial charge in [-0.1, -0.05) is 19.4 Å². The number of nitrogens with one attached hydrogen (secondary N) is 1. The van der Waals surface area contributed by atoms with Gasteiger partial charge in [-0.05, 0) is 43.5 Å². The van der Waals surface area contributed by atoms with Crippen LogP contribution in [0.5, 0.6) is 0 Å². The van der Waals surface area contributed by atoms with Gasteiger partial charge >= 0.3 is 0 Å². The lowest BCUT2D eigenvalue weighted by atomic mass is 10.1. The number of halogens is 2. The second-order valence-electron chi connectivity index (χ2n) is 6.45. The highest BCUT2D eigenvalue weighted by Gasteiger charge is 2.23. The molecule has 1 unspecified atom stereocenters. The summed E-state index contributed by atoms with van der Waals surface area (Å²) in [6, 6.07) is 11.6. The van der Waals surface area contributed by atoms with Crippen LogP contribution in [0.1, 0.15) is 31.0 Å². The summed E-state index contributed by atoms with van der Waals surface area (Å²) in [5.41, 5.74) is 8.27. The Kier molecular flexibility index (Phi) is 9.30. The summed E-state index contributed by atoms with van der Waals surface area (Å²) in [5.74, 6) is 2.06. The molecule has 6 nitrogen and oxygen atoms in total. The average molecular weight is 409 g/mol. The summed E-state index contributed by atoms with van der Waals surface area (Å²) in [4.78, 5) is 11.6. The Morgan fingerprint density at radius 1 is 1.30 bits per heavy atom. The standard InChI is InChI=1S/C19H24N6.2ClH/c1-2-4-16-10-18(25-8-7-15(12-21)13-25)24-19(22-16)23-17-6-3-5-14(9-17)11-20;;/h3,5-6,9-10,15H,2,4,7-8,12-13,21H2,1H3,(H,22,23,24);2*1H. The first-order chi connectivity index (χ1) is 12.2. The Bertz CT molecular complexity index is 777. The zero-order chi connectivity index (χ0) is 17.6. The molecule has 0 aliphatic carbocycles. The fourth-order valence-corrected chi connectivity index (χ4v) is 3.11. The van der Waals surface area contributed by atoms with Crippen LogP contribution < -0.4 is 16.0 Å². The summed E-state index contributed by atoms with van der Waals surface area (Å²) in [5, 5.41) is 12.3. The number of rotatable bonds is 6. The second kappa shape index (κ2) is 10.9. The predicted molar refractivity (Wildman–Crippen MR) is 114 cm³/mol. The number of benzene rings is 1. The van der Waals surface area contributed by atoms with Crippen LogP contribution in [0.15, 0.2) is 30.3 Å². The third-order valence-electron chi connectivity index (χ3n) is 4.46. The molecular formula is C19H26Cl2N6. The van der Waals surface area contributed by atoms with Crippen molar-refractivity contribution in [3.8, 4) is 6.07 Å². The quantitative estimate of drug-likeness (QED) is 0.757. The van der Waals surface area contributed by atoms with Gasteiger partial charge in [0.2, 0.25) is 5.95 Å². The fraction of sp³-hybridized carbons (Fsp3) is 0.421. The van der Waals surface area contributed by atoms with Crippen LogP contribution in [0.2, 0.25) is 0 Å². The van der Waals surface area contributed by atoms with Crippen molar-refractivity contribution in [3.05, 3.63) is 41.6 Å². The van der Waals surface area contributed by atoms with Crippen LogP contribution in [-0.2, 0) is 6.42 Å². The Hall–Kier alpha value is -2.07. The molecule has 0 amide bonds. The Balaban J connectivity index is 0.00000182. The molecule has 146 valence electrons. The lowest BCUT2D eigenvalue weighted by Crippen LogP contribution is -2.24. The summed E-state index contributed by atoms with van der Waals surface area (Å²) in [6.45, 7) is 4.79. The summed E-state index contributed by atoms with van der Waals surface area (Å²) in [6.07, 6.45) is 3.05. The zero-order valence-electron chi connectivity index (χ0n) is 15.4. The minimum Gasteiger partial charge on any atom is -0.356 e. The van der Waals surface area contributed by atoms with Crippen molar-refractivity contribution in [1.29, 1.82) is 5.26 Å². The van der Waals surface area contributed by atoms with Crippen LogP contribution in [-0.4, -0.2) is 29.6 Å². The van der Waals surface area contributed by atoms with Crippen LogP contribution in [0, 0.1) is 17.2 Å². The number of hydrogen-bond donors (Lipinski definition) is 2. The van der Waals surface area contributed by atoms with E-state index in [2.05, 4.69) is 34.3 Å². The van der Waals surface area contributed by atoms with E-state index in [1.165, 1.54) is 0 Å². The number of anilines is 3. The van der Waals surface area contributed by atoms with E-state index >= 15 is 0 Å². The summed E-state index contributed by atoms with van der Waals surface area (Å²) in [7, 11) is 0. The number of aromatic nitrogens is 2. The van der Waals surface area contributed by atoms with Crippen molar-refractivity contribution < 1.29 is 0 Å². The number of nitrogens with two attached hydrogens (primary N) is 1. The SMILES string of the molecule is CCCc1cc(N2CCC(CN)C2)nc(Nc2cccc(C#N)c2)n1.Cl.Cl. The molecule has 1 saturated heterocycles. The zero-order valence-corrected chi connectivity index (χ0v) is 17.0. The molecular weight excluding hydrogens is 383 g/mol. The van der Waals surface area contributed by atoms with Gasteiger partial charge < -0.3 is 16.0 Å². The van der Waals surface area contributed by atoms with E-state index < -0.39 is 0 Å². The van der Waals surface area contributed by atoms with Crippen LogP contribution in [0.4, 0.5) is 17.5 Å². The highest BCUT2D eigenvalue weighted by Crippen LogP contribution is 2.25. The minimum atomic E-state index is 0. The van der Waals surface area contributed by atoms with Gasteiger partial charge in [-0.3, -0.25) is 0 Å². The summed E-state index contributed by atoms with van der Waals surface area (Å²) < 4.78 is 0. The molecule has 27 heavy (non-hydrogen) atoms. The first kappa shape index (κ1) is 23.0. The number of hydrogen-bond acceptors (Lipinski definition) is 6.